The van der Waals surface area contributed by atoms with Crippen molar-refractivity contribution < 1.29 is 19.4 Å². The number of carbonyl (C=O) groups excluding carboxylic acids is 1. The molecule has 2 atom stereocenters. The van der Waals surface area contributed by atoms with Crippen LogP contribution in [0.2, 0.25) is 5.02 Å². The Labute approximate surface area is 152 Å². The molecule has 4 nitrogen and oxygen atoms in total. The van der Waals surface area contributed by atoms with Gasteiger partial charge in [-0.25, -0.2) is 0 Å². The van der Waals surface area contributed by atoms with Gasteiger partial charge in [0.2, 0.25) is 0 Å². The molecule has 0 bridgehead atoms. The number of aldehydes is 1. The molecule has 0 aromatic heterocycles. The van der Waals surface area contributed by atoms with E-state index in [0.29, 0.717) is 23.6 Å². The molecule has 1 N–H and O–H groups in total. The molecule has 0 saturated carbocycles. The lowest BCUT2D eigenvalue weighted by Gasteiger charge is -2.27. The van der Waals surface area contributed by atoms with Crippen LogP contribution in [0.3, 0.4) is 0 Å². The van der Waals surface area contributed by atoms with E-state index in [0.717, 1.165) is 17.4 Å². The summed E-state index contributed by atoms with van der Waals surface area (Å²) in [6, 6.07) is 14.7. The first-order valence-electron chi connectivity index (χ1n) is 8.16. The third-order valence-electron chi connectivity index (χ3n) is 4.07. The number of hydrogen-bond donors (Lipinski definition) is 1. The van der Waals surface area contributed by atoms with Gasteiger partial charge in [0.15, 0.2) is 0 Å². The van der Waals surface area contributed by atoms with Crippen molar-refractivity contribution in [2.75, 3.05) is 6.61 Å². The average molecular weight is 361 g/mol. The zero-order valence-electron chi connectivity index (χ0n) is 14.0. The molecule has 0 radical (unpaired) electrons. The maximum atomic E-state index is 11.3. The van der Waals surface area contributed by atoms with Gasteiger partial charge in [-0.15, -0.1) is 0 Å². The van der Waals surface area contributed by atoms with Crippen molar-refractivity contribution in [2.24, 2.45) is 0 Å². The van der Waals surface area contributed by atoms with Crippen molar-refractivity contribution in [3.8, 4) is 0 Å². The van der Waals surface area contributed by atoms with E-state index in [1.807, 2.05) is 43.3 Å². The zero-order valence-corrected chi connectivity index (χ0v) is 14.8. The standard InChI is InChI=1S/C20H21ClO4/c1-2-25-19(12-20(23)24)18(11-14-5-9-17(21)10-6-14)16-7-3-15(13-22)4-8-16/h3-10,13,18-19H,2,11-12H2,1H3,(H,23,24)/t18-,19-/m1/s1. The number of ether oxygens (including phenoxy) is 1. The molecule has 0 unspecified atom stereocenters. The van der Waals surface area contributed by atoms with Gasteiger partial charge in [0.1, 0.15) is 6.29 Å². The molecule has 2 rings (SSSR count). The summed E-state index contributed by atoms with van der Waals surface area (Å²) < 4.78 is 5.75. The minimum Gasteiger partial charge on any atom is -0.481 e. The summed E-state index contributed by atoms with van der Waals surface area (Å²) >= 11 is 5.94. The Hall–Kier alpha value is -2.17. The molecule has 0 aliphatic rings. The fourth-order valence-corrected chi connectivity index (χ4v) is 2.99. The number of hydrogen-bond acceptors (Lipinski definition) is 3. The first-order chi connectivity index (χ1) is 12.0. The van der Waals surface area contributed by atoms with E-state index >= 15 is 0 Å². The summed E-state index contributed by atoms with van der Waals surface area (Å²) in [5.74, 6) is -1.04. The largest absolute Gasteiger partial charge is 0.481 e. The van der Waals surface area contributed by atoms with Crippen molar-refractivity contribution in [1.82, 2.24) is 0 Å². The molecule has 0 aliphatic heterocycles. The third-order valence-corrected chi connectivity index (χ3v) is 4.33. The summed E-state index contributed by atoms with van der Waals surface area (Å²) in [7, 11) is 0. The SMILES string of the molecule is CCO[C@H](CC(=O)O)[C@H](Cc1ccc(Cl)cc1)c1ccc(C=O)cc1. The second-order valence-corrected chi connectivity index (χ2v) is 6.25. The molecule has 0 saturated heterocycles. The Morgan fingerprint density at radius 2 is 1.80 bits per heavy atom. The normalized spacial score (nSPS) is 13.2. The molecule has 2 aromatic rings. The Bertz CT molecular complexity index is 695. The predicted molar refractivity (Wildman–Crippen MR) is 97.4 cm³/mol. The lowest BCUT2D eigenvalue weighted by molar-refractivity contribution is -0.140. The summed E-state index contributed by atoms with van der Waals surface area (Å²) in [4.78, 5) is 22.2. The molecular weight excluding hydrogens is 340 g/mol. The first-order valence-corrected chi connectivity index (χ1v) is 8.54. The summed E-state index contributed by atoms with van der Waals surface area (Å²) in [5.41, 5.74) is 2.57. The van der Waals surface area contributed by atoms with Crippen LogP contribution in [0, 0.1) is 0 Å². The van der Waals surface area contributed by atoms with Gasteiger partial charge in [-0.2, -0.15) is 0 Å². The van der Waals surface area contributed by atoms with Crippen LogP contribution in [-0.4, -0.2) is 30.1 Å². The summed E-state index contributed by atoms with van der Waals surface area (Å²) in [6.07, 6.45) is 0.868. The summed E-state index contributed by atoms with van der Waals surface area (Å²) in [6.45, 7) is 2.28. The van der Waals surface area contributed by atoms with Crippen LogP contribution in [0.15, 0.2) is 48.5 Å². The first kappa shape index (κ1) is 19.2. The molecule has 2 aromatic carbocycles. The van der Waals surface area contributed by atoms with Gasteiger partial charge in [0.25, 0.3) is 0 Å². The molecule has 0 fully saturated rings. The molecule has 0 amide bonds. The molecular formula is C20H21ClO4. The molecule has 0 aliphatic carbocycles. The number of aliphatic carboxylic acids is 1. The Morgan fingerprint density at radius 1 is 1.16 bits per heavy atom. The van der Waals surface area contributed by atoms with Gasteiger partial charge in [-0.05, 0) is 36.6 Å². The topological polar surface area (TPSA) is 63.6 Å². The highest BCUT2D eigenvalue weighted by Gasteiger charge is 2.26. The highest BCUT2D eigenvalue weighted by atomic mass is 35.5. The van der Waals surface area contributed by atoms with Gasteiger partial charge in [-0.1, -0.05) is 48.0 Å². The molecule has 5 heteroatoms. The molecule has 0 spiro atoms. The fourth-order valence-electron chi connectivity index (χ4n) is 2.86. The minimum absolute atomic E-state index is 0.0818. The van der Waals surface area contributed by atoms with E-state index in [-0.39, 0.29) is 12.3 Å². The van der Waals surface area contributed by atoms with Crippen LogP contribution in [0.1, 0.15) is 40.7 Å². The highest BCUT2D eigenvalue weighted by Crippen LogP contribution is 2.29. The van der Waals surface area contributed by atoms with E-state index < -0.39 is 12.1 Å². The van der Waals surface area contributed by atoms with Crippen LogP contribution in [0.4, 0.5) is 0 Å². The Morgan fingerprint density at radius 3 is 2.32 bits per heavy atom. The number of carboxylic acids is 1. The van der Waals surface area contributed by atoms with Gasteiger partial charge in [0.05, 0.1) is 12.5 Å². The lowest BCUT2D eigenvalue weighted by atomic mass is 9.85. The van der Waals surface area contributed by atoms with E-state index in [1.165, 1.54) is 0 Å². The van der Waals surface area contributed by atoms with Crippen LogP contribution < -0.4 is 0 Å². The van der Waals surface area contributed by atoms with E-state index in [1.54, 1.807) is 12.1 Å². The van der Waals surface area contributed by atoms with E-state index in [4.69, 9.17) is 16.3 Å². The fraction of sp³-hybridized carbons (Fsp3) is 0.300. The van der Waals surface area contributed by atoms with Crippen LogP contribution in [0.25, 0.3) is 0 Å². The molecule has 132 valence electrons. The quantitative estimate of drug-likeness (QED) is 0.675. The zero-order chi connectivity index (χ0) is 18.2. The number of rotatable bonds is 9. The van der Waals surface area contributed by atoms with Crippen LogP contribution in [0.5, 0.6) is 0 Å². The number of benzene rings is 2. The smallest absolute Gasteiger partial charge is 0.306 e. The van der Waals surface area contributed by atoms with Gasteiger partial charge in [0, 0.05) is 23.1 Å². The third kappa shape index (κ3) is 5.69. The average Bonchev–Trinajstić information content (AvgIpc) is 2.61. The van der Waals surface area contributed by atoms with Crippen molar-refractivity contribution in [1.29, 1.82) is 0 Å². The van der Waals surface area contributed by atoms with Crippen molar-refractivity contribution in [3.05, 3.63) is 70.2 Å². The number of carboxylic acid groups (broad SMARTS) is 1. The number of halogens is 1. The minimum atomic E-state index is -0.899. The van der Waals surface area contributed by atoms with Crippen molar-refractivity contribution >= 4 is 23.9 Å². The van der Waals surface area contributed by atoms with Gasteiger partial charge >= 0.3 is 5.97 Å². The second-order valence-electron chi connectivity index (χ2n) is 5.81. The van der Waals surface area contributed by atoms with Gasteiger partial charge in [-0.3, -0.25) is 9.59 Å². The van der Waals surface area contributed by atoms with Crippen molar-refractivity contribution in [3.63, 3.8) is 0 Å². The van der Waals surface area contributed by atoms with Crippen LogP contribution in [-0.2, 0) is 16.0 Å². The van der Waals surface area contributed by atoms with E-state index in [9.17, 15) is 14.7 Å². The van der Waals surface area contributed by atoms with Gasteiger partial charge < -0.3 is 9.84 Å². The lowest BCUT2D eigenvalue weighted by Crippen LogP contribution is -2.27. The second kappa shape index (κ2) is 9.35. The molecule has 0 heterocycles. The predicted octanol–water partition coefficient (Wildman–Crippen LogP) is 4.36. The number of carbonyl (C=O) groups is 2. The Balaban J connectivity index is 2.34. The maximum Gasteiger partial charge on any atom is 0.306 e. The van der Waals surface area contributed by atoms with E-state index in [2.05, 4.69) is 0 Å². The maximum absolute atomic E-state index is 11.3. The monoisotopic (exact) mass is 360 g/mol. The summed E-state index contributed by atoms with van der Waals surface area (Å²) in [5, 5.41) is 9.90. The van der Waals surface area contributed by atoms with Crippen molar-refractivity contribution in [2.45, 2.75) is 31.8 Å². The highest BCUT2D eigenvalue weighted by molar-refractivity contribution is 6.30. The molecule has 25 heavy (non-hydrogen) atoms. The Kier molecular flexibility index (Phi) is 7.16. The van der Waals surface area contributed by atoms with Crippen LogP contribution >= 0.6 is 11.6 Å².